The third kappa shape index (κ3) is 3.53. The molecule has 0 N–H and O–H groups in total. The molecule has 2 aromatic heterocycles. The molecule has 1 aliphatic heterocycles. The van der Waals surface area contributed by atoms with Crippen molar-refractivity contribution >= 4 is 32.3 Å². The first-order chi connectivity index (χ1) is 12.8. The van der Waals surface area contributed by atoms with E-state index in [4.69, 9.17) is 4.74 Å². The first-order valence-corrected chi connectivity index (χ1v) is 11.7. The van der Waals surface area contributed by atoms with Gasteiger partial charge in [0.25, 0.3) is 5.56 Å². The summed E-state index contributed by atoms with van der Waals surface area (Å²) in [6.07, 6.45) is 6.20. The lowest BCUT2D eigenvalue weighted by Crippen LogP contribution is -2.40. The van der Waals surface area contributed by atoms with Crippen molar-refractivity contribution in [1.82, 2.24) is 13.7 Å². The number of esters is 1. The molecule has 8 nitrogen and oxygen atoms in total. The number of rotatable bonds is 4. The number of aromatic nitrogens is 2. The number of carbonyl (C=O) groups is 1. The Morgan fingerprint density at radius 3 is 2.89 bits per heavy atom. The topological polar surface area (TPSA) is 98.0 Å². The molecule has 0 aromatic carbocycles. The number of sulfonamides is 1. The third-order valence-corrected chi connectivity index (χ3v) is 7.51. The molecule has 0 radical (unpaired) electrons. The molecule has 10 heteroatoms. The van der Waals surface area contributed by atoms with Gasteiger partial charge in [-0.2, -0.15) is 4.31 Å². The van der Waals surface area contributed by atoms with Crippen LogP contribution < -0.4 is 5.56 Å². The van der Waals surface area contributed by atoms with Crippen LogP contribution in [0.15, 0.2) is 10.9 Å². The molecule has 1 atom stereocenters. The van der Waals surface area contributed by atoms with Gasteiger partial charge in [0.15, 0.2) is 4.96 Å². The first-order valence-electron chi connectivity index (χ1n) is 9.01. The Balaban J connectivity index is 1.52. The lowest BCUT2D eigenvalue weighted by Gasteiger charge is -2.20. The highest BCUT2D eigenvalue weighted by molar-refractivity contribution is 7.88. The largest absolute Gasteiger partial charge is 0.458 e. The second kappa shape index (κ2) is 6.99. The zero-order valence-corrected chi connectivity index (χ0v) is 16.6. The van der Waals surface area contributed by atoms with E-state index in [-0.39, 0.29) is 12.2 Å². The highest BCUT2D eigenvalue weighted by atomic mass is 32.2. The van der Waals surface area contributed by atoms with Crippen LogP contribution in [0, 0.1) is 0 Å². The van der Waals surface area contributed by atoms with Gasteiger partial charge in [-0.15, -0.1) is 11.3 Å². The SMILES string of the molecule is CS(=O)(=O)N1CCCC1C(=O)OCc1cc(=O)n2c3c(sc2n1)CCCC3. The molecule has 0 amide bonds. The summed E-state index contributed by atoms with van der Waals surface area (Å²) in [5.41, 5.74) is 1.27. The van der Waals surface area contributed by atoms with Crippen molar-refractivity contribution in [3.8, 4) is 0 Å². The molecule has 0 bridgehead atoms. The fraction of sp³-hybridized carbons (Fsp3) is 0.588. The number of ether oxygens (including phenoxy) is 1. The van der Waals surface area contributed by atoms with Gasteiger partial charge >= 0.3 is 5.97 Å². The minimum absolute atomic E-state index is 0.138. The first kappa shape index (κ1) is 18.6. The Bertz CT molecular complexity index is 1060. The summed E-state index contributed by atoms with van der Waals surface area (Å²) in [7, 11) is -3.45. The van der Waals surface area contributed by atoms with Crippen molar-refractivity contribution in [2.24, 2.45) is 0 Å². The van der Waals surface area contributed by atoms with E-state index in [2.05, 4.69) is 4.98 Å². The zero-order valence-electron chi connectivity index (χ0n) is 15.0. The molecule has 1 saturated heterocycles. The quantitative estimate of drug-likeness (QED) is 0.699. The van der Waals surface area contributed by atoms with Crippen molar-refractivity contribution < 1.29 is 17.9 Å². The number of aryl methyl sites for hydroxylation is 2. The van der Waals surface area contributed by atoms with Crippen LogP contribution in [0.25, 0.3) is 4.96 Å². The summed E-state index contributed by atoms with van der Waals surface area (Å²) in [6.45, 7) is 0.187. The van der Waals surface area contributed by atoms with Crippen molar-refractivity contribution in [1.29, 1.82) is 0 Å². The van der Waals surface area contributed by atoms with Gasteiger partial charge < -0.3 is 4.74 Å². The summed E-state index contributed by atoms with van der Waals surface area (Å²) < 4.78 is 31.7. The van der Waals surface area contributed by atoms with Crippen LogP contribution in [0.5, 0.6) is 0 Å². The number of hydrogen-bond acceptors (Lipinski definition) is 7. The van der Waals surface area contributed by atoms with Crippen LogP contribution in [-0.2, 0) is 39.0 Å². The zero-order chi connectivity index (χ0) is 19.2. The lowest BCUT2D eigenvalue weighted by atomic mass is 10.0. The van der Waals surface area contributed by atoms with Crippen LogP contribution in [0.4, 0.5) is 0 Å². The van der Waals surface area contributed by atoms with Crippen molar-refractivity contribution in [3.05, 3.63) is 32.7 Å². The normalized spacial score (nSPS) is 20.7. The Hall–Kier alpha value is -1.78. The summed E-state index contributed by atoms with van der Waals surface area (Å²) in [4.78, 5) is 31.2. The van der Waals surface area contributed by atoms with Gasteiger partial charge in [0.2, 0.25) is 10.0 Å². The van der Waals surface area contributed by atoms with Crippen LogP contribution >= 0.6 is 11.3 Å². The van der Waals surface area contributed by atoms with Crippen LogP contribution in [0.3, 0.4) is 0 Å². The van der Waals surface area contributed by atoms with E-state index in [1.54, 1.807) is 4.40 Å². The molecule has 1 unspecified atom stereocenters. The second-order valence-electron chi connectivity index (χ2n) is 7.02. The highest BCUT2D eigenvalue weighted by Crippen LogP contribution is 2.28. The molecule has 3 heterocycles. The average molecular weight is 412 g/mol. The van der Waals surface area contributed by atoms with Gasteiger partial charge in [0, 0.05) is 23.2 Å². The summed E-state index contributed by atoms with van der Waals surface area (Å²) in [6, 6.07) is 0.601. The second-order valence-corrected chi connectivity index (χ2v) is 10.0. The number of carbonyl (C=O) groups excluding carboxylic acids is 1. The molecule has 1 aliphatic carbocycles. The molecule has 1 fully saturated rings. The molecular weight excluding hydrogens is 390 g/mol. The minimum atomic E-state index is -3.45. The maximum Gasteiger partial charge on any atom is 0.324 e. The fourth-order valence-electron chi connectivity index (χ4n) is 3.83. The van der Waals surface area contributed by atoms with Gasteiger partial charge in [-0.25, -0.2) is 13.4 Å². The number of fused-ring (bicyclic) bond motifs is 3. The lowest BCUT2D eigenvalue weighted by molar-refractivity contribution is -0.148. The maximum absolute atomic E-state index is 12.5. The van der Waals surface area contributed by atoms with E-state index < -0.39 is 22.0 Å². The molecule has 2 aliphatic rings. The van der Waals surface area contributed by atoms with Crippen LogP contribution in [0.1, 0.15) is 41.9 Å². The van der Waals surface area contributed by atoms with Crippen molar-refractivity contribution in [2.75, 3.05) is 12.8 Å². The molecule has 4 rings (SSSR count). The molecule has 0 saturated carbocycles. The predicted molar refractivity (Wildman–Crippen MR) is 100 cm³/mol. The predicted octanol–water partition coefficient (Wildman–Crippen LogP) is 1.10. The fourth-order valence-corrected chi connectivity index (χ4v) is 6.18. The van der Waals surface area contributed by atoms with Crippen LogP contribution in [0.2, 0.25) is 0 Å². The van der Waals surface area contributed by atoms with Crippen molar-refractivity contribution in [2.45, 2.75) is 51.2 Å². The molecular formula is C17H21N3O5S2. The van der Waals surface area contributed by atoms with E-state index in [1.165, 1.54) is 26.6 Å². The number of nitrogens with zero attached hydrogens (tertiary/aromatic N) is 3. The Kier molecular flexibility index (Phi) is 4.81. The molecule has 0 spiro atoms. The molecule has 2 aromatic rings. The average Bonchev–Trinajstić information content (AvgIpc) is 3.23. The minimum Gasteiger partial charge on any atom is -0.458 e. The van der Waals surface area contributed by atoms with Gasteiger partial charge in [0.1, 0.15) is 12.6 Å². The standard InChI is InChI=1S/C17H21N3O5S2/c1-27(23,24)19-8-4-6-13(19)16(22)25-10-11-9-15(21)20-12-5-2-3-7-14(12)26-17(20)18-11/h9,13H,2-8,10H2,1H3. The smallest absolute Gasteiger partial charge is 0.324 e. The van der Waals surface area contributed by atoms with Crippen LogP contribution in [-0.4, -0.2) is 46.9 Å². The van der Waals surface area contributed by atoms with Gasteiger partial charge in [-0.3, -0.25) is 14.0 Å². The Morgan fingerprint density at radius 2 is 2.11 bits per heavy atom. The Labute approximate surface area is 160 Å². The van der Waals surface area contributed by atoms with E-state index >= 15 is 0 Å². The Morgan fingerprint density at radius 1 is 1.33 bits per heavy atom. The summed E-state index contributed by atoms with van der Waals surface area (Å²) >= 11 is 1.52. The molecule has 27 heavy (non-hydrogen) atoms. The number of hydrogen-bond donors (Lipinski definition) is 0. The van der Waals surface area contributed by atoms with E-state index in [0.29, 0.717) is 30.0 Å². The number of thiazole rings is 1. The third-order valence-electron chi connectivity index (χ3n) is 5.08. The van der Waals surface area contributed by atoms with E-state index in [1.807, 2.05) is 0 Å². The van der Waals surface area contributed by atoms with Gasteiger partial charge in [-0.1, -0.05) is 0 Å². The van der Waals surface area contributed by atoms with E-state index in [0.717, 1.165) is 37.6 Å². The monoisotopic (exact) mass is 411 g/mol. The summed E-state index contributed by atoms with van der Waals surface area (Å²) in [5.74, 6) is -0.592. The van der Waals surface area contributed by atoms with Crippen molar-refractivity contribution in [3.63, 3.8) is 0 Å². The maximum atomic E-state index is 12.5. The van der Waals surface area contributed by atoms with Gasteiger partial charge in [-0.05, 0) is 38.5 Å². The van der Waals surface area contributed by atoms with Gasteiger partial charge in [0.05, 0.1) is 11.9 Å². The summed E-state index contributed by atoms with van der Waals surface area (Å²) in [5, 5.41) is 0. The molecule has 146 valence electrons. The highest BCUT2D eigenvalue weighted by Gasteiger charge is 2.37. The van der Waals surface area contributed by atoms with E-state index in [9.17, 15) is 18.0 Å².